The summed E-state index contributed by atoms with van der Waals surface area (Å²) in [6.07, 6.45) is 0. The quantitative estimate of drug-likeness (QED) is 0.356. The highest BCUT2D eigenvalue weighted by Gasteiger charge is 2.49. The molecule has 1 saturated heterocycles. The van der Waals surface area contributed by atoms with Gasteiger partial charge in [-0.15, -0.1) is 0 Å². The van der Waals surface area contributed by atoms with E-state index in [-0.39, 0.29) is 5.60 Å². The molecule has 1 fully saturated rings. The average molecular weight is 334 g/mol. The molecule has 3 heteroatoms. The first kappa shape index (κ1) is 15.3. The Labute approximate surface area is 146 Å². The molecule has 2 nitrogen and oxygen atoms in total. The molecule has 120 valence electrons. The van der Waals surface area contributed by atoms with E-state index in [1.54, 1.807) is 11.8 Å². The molecule has 4 rings (SSSR count). The summed E-state index contributed by atoms with van der Waals surface area (Å²) < 4.78 is 12.0. The molecule has 0 aliphatic carbocycles. The SMILES string of the molecule is c1ccc(SCOc2ccccc2C2(c3ccccc3)CO2)cc1. The van der Waals surface area contributed by atoms with Crippen molar-refractivity contribution in [2.45, 2.75) is 10.5 Å². The molecule has 3 aromatic rings. The lowest BCUT2D eigenvalue weighted by molar-refractivity contribution is 0.329. The summed E-state index contributed by atoms with van der Waals surface area (Å²) >= 11 is 1.69. The molecule has 0 saturated carbocycles. The molecule has 3 aromatic carbocycles. The Kier molecular flexibility index (Phi) is 4.28. The monoisotopic (exact) mass is 334 g/mol. The van der Waals surface area contributed by atoms with Crippen LogP contribution in [0.15, 0.2) is 89.8 Å². The summed E-state index contributed by atoms with van der Waals surface area (Å²) in [6.45, 7) is 0.698. The predicted molar refractivity (Wildman–Crippen MR) is 97.4 cm³/mol. The number of ether oxygens (including phenoxy) is 2. The van der Waals surface area contributed by atoms with Gasteiger partial charge in [-0.1, -0.05) is 78.5 Å². The third-order valence-corrected chi connectivity index (χ3v) is 5.02. The Hall–Kier alpha value is -2.23. The van der Waals surface area contributed by atoms with Gasteiger partial charge in [0.25, 0.3) is 0 Å². The molecular formula is C21H18O2S. The molecule has 1 unspecified atom stereocenters. The molecule has 0 aromatic heterocycles. The van der Waals surface area contributed by atoms with Gasteiger partial charge in [-0.25, -0.2) is 0 Å². The van der Waals surface area contributed by atoms with Gasteiger partial charge in [0, 0.05) is 10.5 Å². The highest BCUT2D eigenvalue weighted by atomic mass is 32.2. The van der Waals surface area contributed by atoms with E-state index < -0.39 is 0 Å². The van der Waals surface area contributed by atoms with Gasteiger partial charge in [-0.05, 0) is 23.8 Å². The maximum Gasteiger partial charge on any atom is 0.145 e. The van der Waals surface area contributed by atoms with Gasteiger partial charge in [0.2, 0.25) is 0 Å². The largest absolute Gasteiger partial charge is 0.482 e. The number of para-hydroxylation sites is 1. The second-order valence-electron chi connectivity index (χ2n) is 5.70. The van der Waals surface area contributed by atoms with Crippen molar-refractivity contribution in [1.82, 2.24) is 0 Å². The van der Waals surface area contributed by atoms with Crippen molar-refractivity contribution in [2.24, 2.45) is 0 Å². The van der Waals surface area contributed by atoms with Crippen LogP contribution >= 0.6 is 11.8 Å². The van der Waals surface area contributed by atoms with E-state index in [2.05, 4.69) is 30.3 Å². The van der Waals surface area contributed by atoms with Crippen LogP contribution in [0.4, 0.5) is 0 Å². The Morgan fingerprint density at radius 2 is 1.46 bits per heavy atom. The van der Waals surface area contributed by atoms with Crippen molar-refractivity contribution >= 4 is 11.8 Å². The zero-order valence-electron chi connectivity index (χ0n) is 13.2. The molecular weight excluding hydrogens is 316 g/mol. The van der Waals surface area contributed by atoms with Crippen molar-refractivity contribution in [2.75, 3.05) is 12.5 Å². The molecule has 0 amide bonds. The van der Waals surface area contributed by atoms with E-state index >= 15 is 0 Å². The van der Waals surface area contributed by atoms with Gasteiger partial charge in [0.1, 0.15) is 17.3 Å². The molecule has 1 atom stereocenters. The van der Waals surface area contributed by atoms with E-state index in [1.807, 2.05) is 54.6 Å². The van der Waals surface area contributed by atoms with Crippen LogP contribution in [0.5, 0.6) is 5.75 Å². The van der Waals surface area contributed by atoms with E-state index in [4.69, 9.17) is 9.47 Å². The lowest BCUT2D eigenvalue weighted by Crippen LogP contribution is -2.12. The van der Waals surface area contributed by atoms with Gasteiger partial charge in [0.05, 0.1) is 6.61 Å². The van der Waals surface area contributed by atoms with Crippen LogP contribution in [0, 0.1) is 0 Å². The number of epoxide rings is 1. The normalized spacial score (nSPS) is 19.0. The third-order valence-electron chi connectivity index (χ3n) is 4.18. The van der Waals surface area contributed by atoms with Crippen LogP contribution < -0.4 is 4.74 Å². The third kappa shape index (κ3) is 3.05. The molecule has 0 radical (unpaired) electrons. The fourth-order valence-corrected chi connectivity index (χ4v) is 3.53. The number of rotatable bonds is 6. The molecule has 0 N–H and O–H groups in total. The molecule has 1 heterocycles. The first-order valence-electron chi connectivity index (χ1n) is 7.98. The molecule has 1 aliphatic heterocycles. The van der Waals surface area contributed by atoms with Crippen LogP contribution in [-0.2, 0) is 10.3 Å². The molecule has 1 aliphatic rings. The van der Waals surface area contributed by atoms with Crippen molar-refractivity contribution in [3.8, 4) is 5.75 Å². The minimum absolute atomic E-state index is 0.352. The molecule has 0 spiro atoms. The van der Waals surface area contributed by atoms with Crippen molar-refractivity contribution in [3.63, 3.8) is 0 Å². The topological polar surface area (TPSA) is 21.8 Å². The van der Waals surface area contributed by atoms with Crippen molar-refractivity contribution in [3.05, 3.63) is 96.1 Å². The van der Waals surface area contributed by atoms with E-state index in [0.717, 1.165) is 11.3 Å². The standard InChI is InChI=1S/C21H18O2S/c1-3-9-17(10-4-1)21(15-23-21)19-13-7-8-14-20(19)22-16-24-18-11-5-2-6-12-18/h1-14H,15-16H2. The van der Waals surface area contributed by atoms with Crippen molar-refractivity contribution < 1.29 is 9.47 Å². The Morgan fingerprint density at radius 3 is 2.17 bits per heavy atom. The first-order chi connectivity index (χ1) is 11.9. The molecule has 24 heavy (non-hydrogen) atoms. The van der Waals surface area contributed by atoms with Crippen LogP contribution in [0.1, 0.15) is 11.1 Å². The fourth-order valence-electron chi connectivity index (χ4n) is 2.86. The van der Waals surface area contributed by atoms with Crippen LogP contribution in [0.25, 0.3) is 0 Å². The van der Waals surface area contributed by atoms with Gasteiger partial charge < -0.3 is 9.47 Å². The average Bonchev–Trinajstić information content (AvgIpc) is 3.46. The van der Waals surface area contributed by atoms with Crippen LogP contribution in [0.2, 0.25) is 0 Å². The van der Waals surface area contributed by atoms with E-state index in [9.17, 15) is 0 Å². The van der Waals surface area contributed by atoms with Gasteiger partial charge >= 0.3 is 0 Å². The van der Waals surface area contributed by atoms with Gasteiger partial charge in [0.15, 0.2) is 0 Å². The second kappa shape index (κ2) is 6.71. The summed E-state index contributed by atoms with van der Waals surface area (Å²) in [7, 11) is 0. The lowest BCUT2D eigenvalue weighted by Gasteiger charge is -2.17. The zero-order valence-corrected chi connectivity index (χ0v) is 14.0. The minimum Gasteiger partial charge on any atom is -0.482 e. The van der Waals surface area contributed by atoms with Crippen LogP contribution in [0.3, 0.4) is 0 Å². The maximum atomic E-state index is 6.07. The number of hydrogen-bond acceptors (Lipinski definition) is 3. The Morgan fingerprint density at radius 1 is 0.833 bits per heavy atom. The summed E-state index contributed by atoms with van der Waals surface area (Å²) in [6, 6.07) is 28.8. The molecule has 0 bridgehead atoms. The summed E-state index contributed by atoms with van der Waals surface area (Å²) in [5.41, 5.74) is 1.93. The zero-order chi connectivity index (χ0) is 16.2. The Bertz CT molecular complexity index is 798. The number of hydrogen-bond donors (Lipinski definition) is 0. The Balaban J connectivity index is 1.53. The summed E-state index contributed by atoms with van der Waals surface area (Å²) in [5.74, 6) is 1.47. The smallest absolute Gasteiger partial charge is 0.145 e. The van der Waals surface area contributed by atoms with E-state index in [1.165, 1.54) is 10.5 Å². The second-order valence-corrected chi connectivity index (χ2v) is 6.69. The van der Waals surface area contributed by atoms with Gasteiger partial charge in [-0.2, -0.15) is 0 Å². The number of thioether (sulfide) groups is 1. The maximum absolute atomic E-state index is 6.07. The van der Waals surface area contributed by atoms with Gasteiger partial charge in [-0.3, -0.25) is 0 Å². The minimum atomic E-state index is -0.352. The van der Waals surface area contributed by atoms with E-state index in [0.29, 0.717) is 12.5 Å². The predicted octanol–water partition coefficient (Wildman–Crippen LogP) is 5.09. The lowest BCUT2D eigenvalue weighted by atomic mass is 9.91. The highest BCUT2D eigenvalue weighted by Crippen LogP contribution is 2.48. The summed E-state index contributed by atoms with van der Waals surface area (Å²) in [5, 5.41) is 0. The number of benzene rings is 3. The fraction of sp³-hybridized carbons (Fsp3) is 0.143. The van der Waals surface area contributed by atoms with Crippen LogP contribution in [-0.4, -0.2) is 12.5 Å². The first-order valence-corrected chi connectivity index (χ1v) is 8.97. The summed E-state index contributed by atoms with van der Waals surface area (Å²) in [4.78, 5) is 1.20. The highest BCUT2D eigenvalue weighted by molar-refractivity contribution is 7.99. The van der Waals surface area contributed by atoms with Crippen molar-refractivity contribution in [1.29, 1.82) is 0 Å².